The Morgan fingerprint density at radius 1 is 1.40 bits per heavy atom. The van der Waals surface area contributed by atoms with Crippen molar-refractivity contribution in [1.29, 1.82) is 0 Å². The summed E-state index contributed by atoms with van der Waals surface area (Å²) in [7, 11) is 1.75. The number of alkyl halides is 2. The molecule has 0 bridgehead atoms. The van der Waals surface area contributed by atoms with Gasteiger partial charge in [0.2, 0.25) is 0 Å². The van der Waals surface area contributed by atoms with Crippen molar-refractivity contribution in [2.45, 2.75) is 25.5 Å². The highest BCUT2D eigenvalue weighted by Crippen LogP contribution is 2.19. The van der Waals surface area contributed by atoms with E-state index in [4.69, 9.17) is 0 Å². The maximum Gasteiger partial charge on any atom is 0.387 e. The van der Waals surface area contributed by atoms with Crippen molar-refractivity contribution < 1.29 is 18.3 Å². The minimum Gasteiger partial charge on any atom is -0.435 e. The maximum atomic E-state index is 12.3. The van der Waals surface area contributed by atoms with Gasteiger partial charge in [-0.05, 0) is 44.1 Å². The summed E-state index contributed by atoms with van der Waals surface area (Å²) in [6.45, 7) is -1.12. The lowest BCUT2D eigenvalue weighted by molar-refractivity contribution is -0.0499. The molecule has 0 atom stereocenters. The third-order valence-electron chi connectivity index (χ3n) is 3.48. The number of carbonyl (C=O) groups is 1. The molecular formula is C14H18F2N2O2. The Morgan fingerprint density at radius 2 is 2.10 bits per heavy atom. The van der Waals surface area contributed by atoms with Gasteiger partial charge in [-0.3, -0.25) is 4.79 Å². The number of amides is 1. The maximum absolute atomic E-state index is 12.3. The molecule has 4 nitrogen and oxygen atoms in total. The number of carbonyl (C=O) groups excluding carboxylic acids is 1. The Balaban J connectivity index is 2.07. The summed E-state index contributed by atoms with van der Waals surface area (Å²) in [5.74, 6) is -0.166. The summed E-state index contributed by atoms with van der Waals surface area (Å²) in [6.07, 6.45) is 1.80. The number of nitrogens with zero attached hydrogens (tertiary/aromatic N) is 1. The van der Waals surface area contributed by atoms with E-state index in [1.165, 1.54) is 12.1 Å². The molecule has 20 heavy (non-hydrogen) atoms. The van der Waals surface area contributed by atoms with E-state index in [-0.39, 0.29) is 17.7 Å². The Hall–Kier alpha value is -1.69. The zero-order valence-electron chi connectivity index (χ0n) is 11.3. The second kappa shape index (κ2) is 6.65. The van der Waals surface area contributed by atoms with E-state index in [2.05, 4.69) is 10.1 Å². The van der Waals surface area contributed by atoms with Crippen molar-refractivity contribution in [3.63, 3.8) is 0 Å². The first-order valence-corrected chi connectivity index (χ1v) is 6.60. The van der Waals surface area contributed by atoms with Crippen LogP contribution in [0.3, 0.4) is 0 Å². The average molecular weight is 284 g/mol. The van der Waals surface area contributed by atoms with Crippen LogP contribution in [0.25, 0.3) is 0 Å². The van der Waals surface area contributed by atoms with Crippen LogP contribution in [0, 0.1) is 0 Å². The molecule has 0 aliphatic carbocycles. The molecule has 1 fully saturated rings. The van der Waals surface area contributed by atoms with Gasteiger partial charge < -0.3 is 15.0 Å². The molecule has 1 saturated heterocycles. The molecule has 1 aromatic carbocycles. The second-order valence-electron chi connectivity index (χ2n) is 4.80. The normalized spacial score (nSPS) is 16.2. The van der Waals surface area contributed by atoms with Crippen LogP contribution in [-0.2, 0) is 0 Å². The van der Waals surface area contributed by atoms with Gasteiger partial charge in [0.25, 0.3) is 5.91 Å². The largest absolute Gasteiger partial charge is 0.435 e. The summed E-state index contributed by atoms with van der Waals surface area (Å²) in [6, 6.07) is 6.10. The third kappa shape index (κ3) is 3.66. The van der Waals surface area contributed by atoms with Crippen molar-refractivity contribution >= 4 is 5.91 Å². The minimum atomic E-state index is -2.89. The van der Waals surface area contributed by atoms with E-state index in [1.54, 1.807) is 24.1 Å². The van der Waals surface area contributed by atoms with Gasteiger partial charge in [0.05, 0.1) is 0 Å². The van der Waals surface area contributed by atoms with Gasteiger partial charge in [0.15, 0.2) is 0 Å². The Morgan fingerprint density at radius 3 is 2.75 bits per heavy atom. The molecule has 0 spiro atoms. The summed E-state index contributed by atoms with van der Waals surface area (Å²) in [5.41, 5.74) is 0.365. The second-order valence-corrected chi connectivity index (χ2v) is 4.80. The van der Waals surface area contributed by atoms with E-state index in [0.29, 0.717) is 5.56 Å². The smallest absolute Gasteiger partial charge is 0.387 e. The monoisotopic (exact) mass is 284 g/mol. The van der Waals surface area contributed by atoms with Gasteiger partial charge in [0, 0.05) is 18.7 Å². The van der Waals surface area contributed by atoms with Crippen molar-refractivity contribution in [2.75, 3.05) is 20.1 Å². The lowest BCUT2D eigenvalue weighted by atomic mass is 10.0. The molecule has 110 valence electrons. The van der Waals surface area contributed by atoms with Crippen molar-refractivity contribution in [1.82, 2.24) is 10.2 Å². The molecule has 0 aromatic heterocycles. The first-order chi connectivity index (χ1) is 9.58. The summed E-state index contributed by atoms with van der Waals surface area (Å²) >= 11 is 0. The van der Waals surface area contributed by atoms with Crippen LogP contribution < -0.4 is 10.1 Å². The van der Waals surface area contributed by atoms with E-state index in [1.807, 2.05) is 0 Å². The number of benzene rings is 1. The average Bonchev–Trinajstić information content (AvgIpc) is 2.46. The van der Waals surface area contributed by atoms with Crippen LogP contribution >= 0.6 is 0 Å². The molecular weight excluding hydrogens is 266 g/mol. The fraction of sp³-hybridized carbons (Fsp3) is 0.500. The lowest BCUT2D eigenvalue weighted by Gasteiger charge is -2.31. The molecule has 0 saturated carbocycles. The highest BCUT2D eigenvalue weighted by molar-refractivity contribution is 5.94. The fourth-order valence-electron chi connectivity index (χ4n) is 2.37. The van der Waals surface area contributed by atoms with Crippen LogP contribution in [0.1, 0.15) is 23.2 Å². The number of rotatable bonds is 4. The zero-order chi connectivity index (χ0) is 14.5. The molecule has 0 unspecified atom stereocenters. The van der Waals surface area contributed by atoms with Crippen LogP contribution in [0.4, 0.5) is 8.78 Å². The highest BCUT2D eigenvalue weighted by Gasteiger charge is 2.23. The van der Waals surface area contributed by atoms with Gasteiger partial charge in [-0.1, -0.05) is 6.07 Å². The molecule has 1 aromatic rings. The Kier molecular flexibility index (Phi) is 4.89. The standard InChI is InChI=1S/C14H18F2N2O2/c1-18(11-5-7-17-8-6-11)13(19)10-3-2-4-12(9-10)20-14(15)16/h2-4,9,11,14,17H,5-8H2,1H3. The predicted molar refractivity (Wildman–Crippen MR) is 71.1 cm³/mol. The van der Waals surface area contributed by atoms with Gasteiger partial charge in [0.1, 0.15) is 5.75 Å². The highest BCUT2D eigenvalue weighted by atomic mass is 19.3. The van der Waals surface area contributed by atoms with Crippen LogP contribution in [0.15, 0.2) is 24.3 Å². The van der Waals surface area contributed by atoms with E-state index in [9.17, 15) is 13.6 Å². The number of ether oxygens (including phenoxy) is 1. The summed E-state index contributed by atoms with van der Waals surface area (Å²) in [4.78, 5) is 14.0. The molecule has 1 amide bonds. The first kappa shape index (κ1) is 14.7. The summed E-state index contributed by atoms with van der Waals surface area (Å²) in [5, 5.41) is 3.24. The zero-order valence-corrected chi connectivity index (χ0v) is 11.3. The topological polar surface area (TPSA) is 41.6 Å². The quantitative estimate of drug-likeness (QED) is 0.920. The molecule has 1 N–H and O–H groups in total. The van der Waals surface area contributed by atoms with Crippen LogP contribution in [0.5, 0.6) is 5.75 Å². The molecule has 2 rings (SSSR count). The number of piperidine rings is 1. The molecule has 1 heterocycles. The van der Waals surface area contributed by atoms with Gasteiger partial charge in [-0.25, -0.2) is 0 Å². The van der Waals surface area contributed by atoms with E-state index >= 15 is 0 Å². The fourth-order valence-corrected chi connectivity index (χ4v) is 2.37. The first-order valence-electron chi connectivity index (χ1n) is 6.60. The lowest BCUT2D eigenvalue weighted by Crippen LogP contribution is -2.43. The van der Waals surface area contributed by atoms with Crippen molar-refractivity contribution in [3.05, 3.63) is 29.8 Å². The van der Waals surface area contributed by atoms with Crippen LogP contribution in [0.2, 0.25) is 0 Å². The SMILES string of the molecule is CN(C(=O)c1cccc(OC(F)F)c1)C1CCNCC1. The number of hydrogen-bond donors (Lipinski definition) is 1. The third-order valence-corrected chi connectivity index (χ3v) is 3.48. The van der Waals surface area contributed by atoms with Gasteiger partial charge in [-0.15, -0.1) is 0 Å². The predicted octanol–water partition coefficient (Wildman–Crippen LogP) is 2.11. The van der Waals surface area contributed by atoms with Crippen molar-refractivity contribution in [3.8, 4) is 5.75 Å². The van der Waals surface area contributed by atoms with E-state index in [0.717, 1.165) is 25.9 Å². The summed E-state index contributed by atoms with van der Waals surface area (Å²) < 4.78 is 28.7. The van der Waals surface area contributed by atoms with Gasteiger partial charge >= 0.3 is 6.61 Å². The molecule has 0 radical (unpaired) electrons. The van der Waals surface area contributed by atoms with Crippen LogP contribution in [-0.4, -0.2) is 43.6 Å². The number of nitrogens with one attached hydrogen (secondary N) is 1. The Labute approximate surface area is 116 Å². The minimum absolute atomic E-state index is 0.00422. The van der Waals surface area contributed by atoms with Gasteiger partial charge in [-0.2, -0.15) is 8.78 Å². The molecule has 6 heteroatoms. The Bertz CT molecular complexity index is 462. The van der Waals surface area contributed by atoms with Crippen molar-refractivity contribution in [2.24, 2.45) is 0 Å². The van der Waals surface area contributed by atoms with E-state index < -0.39 is 6.61 Å². The number of halogens is 2. The molecule has 1 aliphatic heterocycles. The number of hydrogen-bond acceptors (Lipinski definition) is 3. The molecule has 1 aliphatic rings.